The number of aromatic nitrogens is 1. The van der Waals surface area contributed by atoms with Crippen molar-refractivity contribution in [2.75, 3.05) is 0 Å². The second-order valence-electron chi connectivity index (χ2n) is 6.09. The van der Waals surface area contributed by atoms with Gasteiger partial charge in [0.05, 0.1) is 6.20 Å². The van der Waals surface area contributed by atoms with Gasteiger partial charge in [0.1, 0.15) is 6.26 Å². The van der Waals surface area contributed by atoms with Crippen molar-refractivity contribution in [1.29, 1.82) is 0 Å². The summed E-state index contributed by atoms with van der Waals surface area (Å²) in [5.74, 6) is 0.940. The van der Waals surface area contributed by atoms with Crippen molar-refractivity contribution >= 4 is 16.8 Å². The highest BCUT2D eigenvalue weighted by Crippen LogP contribution is 2.38. The predicted molar refractivity (Wildman–Crippen MR) is 96.8 cm³/mol. The molecule has 0 spiro atoms. The highest BCUT2D eigenvalue weighted by Gasteiger charge is 2.19. The number of rotatable bonds is 2. The van der Waals surface area contributed by atoms with Gasteiger partial charge in [0.15, 0.2) is 0 Å². The molecule has 1 heterocycles. The van der Waals surface area contributed by atoms with Crippen LogP contribution in [0.4, 0.5) is 0 Å². The van der Waals surface area contributed by atoms with Crippen LogP contribution in [-0.4, -0.2) is 4.98 Å². The summed E-state index contributed by atoms with van der Waals surface area (Å²) in [5, 5.41) is 2.67. The highest BCUT2D eigenvalue weighted by atomic mass is 16.3. The molecule has 0 saturated carbocycles. The van der Waals surface area contributed by atoms with E-state index in [4.69, 9.17) is 4.42 Å². The van der Waals surface area contributed by atoms with Gasteiger partial charge in [-0.1, -0.05) is 60.7 Å². The topological polar surface area (TPSA) is 26.0 Å². The van der Waals surface area contributed by atoms with E-state index >= 15 is 0 Å². The summed E-state index contributed by atoms with van der Waals surface area (Å²) < 4.78 is 5.37. The van der Waals surface area contributed by atoms with Gasteiger partial charge in [-0.2, -0.15) is 0 Å². The second kappa shape index (κ2) is 5.20. The molecule has 2 nitrogen and oxygen atoms in total. The fraction of sp³-hybridized carbons (Fsp3) is 0.0455. The number of allylic oxidation sites excluding steroid dienone is 1. The van der Waals surface area contributed by atoms with E-state index in [1.54, 1.807) is 12.5 Å². The lowest BCUT2D eigenvalue weighted by Gasteiger charge is -2.22. The smallest absolute Gasteiger partial charge is 0.225 e. The number of nitrogens with zero attached hydrogens (tertiary/aromatic N) is 1. The zero-order valence-corrected chi connectivity index (χ0v) is 13.0. The lowest BCUT2D eigenvalue weighted by atomic mass is 9.82. The predicted octanol–water partition coefficient (Wildman–Crippen LogP) is 5.65. The van der Waals surface area contributed by atoms with E-state index in [-0.39, 0.29) is 5.92 Å². The first-order valence-corrected chi connectivity index (χ1v) is 8.10. The van der Waals surface area contributed by atoms with Gasteiger partial charge in [-0.25, -0.2) is 4.98 Å². The Labute approximate surface area is 140 Å². The first-order valence-electron chi connectivity index (χ1n) is 8.10. The second-order valence-corrected chi connectivity index (χ2v) is 6.09. The van der Waals surface area contributed by atoms with Crippen LogP contribution >= 0.6 is 0 Å². The van der Waals surface area contributed by atoms with Crippen molar-refractivity contribution in [3.05, 3.63) is 95.9 Å². The molecule has 0 aliphatic heterocycles. The fourth-order valence-electron chi connectivity index (χ4n) is 3.59. The molecule has 3 aromatic carbocycles. The van der Waals surface area contributed by atoms with Crippen LogP contribution in [0, 0.1) is 0 Å². The Balaban J connectivity index is 1.61. The van der Waals surface area contributed by atoms with Crippen LogP contribution < -0.4 is 0 Å². The fourth-order valence-corrected chi connectivity index (χ4v) is 3.59. The Morgan fingerprint density at radius 3 is 2.50 bits per heavy atom. The first kappa shape index (κ1) is 13.3. The average molecular weight is 309 g/mol. The van der Waals surface area contributed by atoms with E-state index in [1.807, 2.05) is 0 Å². The summed E-state index contributed by atoms with van der Waals surface area (Å²) in [5.41, 5.74) is 4.95. The lowest BCUT2D eigenvalue weighted by molar-refractivity contribution is 0.574. The molecule has 0 bridgehead atoms. The van der Waals surface area contributed by atoms with Crippen LogP contribution in [0.1, 0.15) is 22.6 Å². The van der Waals surface area contributed by atoms with E-state index in [1.165, 1.54) is 27.5 Å². The van der Waals surface area contributed by atoms with E-state index in [0.717, 1.165) is 5.56 Å². The minimum atomic E-state index is 0.280. The molecule has 114 valence electrons. The molecule has 5 rings (SSSR count). The zero-order valence-electron chi connectivity index (χ0n) is 13.0. The summed E-state index contributed by atoms with van der Waals surface area (Å²) in [6.07, 6.45) is 7.80. The largest absolute Gasteiger partial charge is 0.445 e. The molecule has 1 unspecified atom stereocenters. The van der Waals surface area contributed by atoms with Gasteiger partial charge < -0.3 is 4.42 Å². The molecular weight excluding hydrogens is 294 g/mol. The molecule has 4 aromatic rings. The Kier molecular flexibility index (Phi) is 2.89. The van der Waals surface area contributed by atoms with Crippen LogP contribution in [0.5, 0.6) is 0 Å². The number of hydrogen-bond donors (Lipinski definition) is 0. The van der Waals surface area contributed by atoms with Crippen LogP contribution in [-0.2, 0) is 0 Å². The Morgan fingerprint density at radius 2 is 1.71 bits per heavy atom. The Morgan fingerprint density at radius 1 is 0.875 bits per heavy atom. The third-order valence-electron chi connectivity index (χ3n) is 4.72. The molecule has 2 heteroatoms. The molecule has 1 atom stereocenters. The molecule has 0 radical (unpaired) electrons. The monoisotopic (exact) mass is 309 g/mol. The molecular formula is C22H15NO. The summed E-state index contributed by atoms with van der Waals surface area (Å²) in [6, 6.07) is 21.6. The van der Waals surface area contributed by atoms with E-state index < -0.39 is 0 Å². The van der Waals surface area contributed by atoms with E-state index in [0.29, 0.717) is 5.89 Å². The molecule has 0 amide bonds. The van der Waals surface area contributed by atoms with Crippen molar-refractivity contribution in [1.82, 2.24) is 4.98 Å². The van der Waals surface area contributed by atoms with Crippen LogP contribution in [0.25, 0.3) is 28.3 Å². The number of benzene rings is 3. The number of oxazole rings is 1. The number of hydrogen-bond acceptors (Lipinski definition) is 2. The molecule has 1 aliphatic rings. The van der Waals surface area contributed by atoms with Gasteiger partial charge in [-0.15, -0.1) is 0 Å². The molecule has 0 fully saturated rings. The summed E-state index contributed by atoms with van der Waals surface area (Å²) in [6.45, 7) is 0. The van der Waals surface area contributed by atoms with Crippen molar-refractivity contribution in [3.8, 4) is 11.5 Å². The van der Waals surface area contributed by atoms with Gasteiger partial charge >= 0.3 is 0 Å². The van der Waals surface area contributed by atoms with Gasteiger partial charge in [-0.3, -0.25) is 0 Å². The minimum Gasteiger partial charge on any atom is -0.445 e. The summed E-state index contributed by atoms with van der Waals surface area (Å²) in [7, 11) is 0. The maximum Gasteiger partial charge on any atom is 0.225 e. The third-order valence-corrected chi connectivity index (χ3v) is 4.72. The van der Waals surface area contributed by atoms with Gasteiger partial charge in [0.25, 0.3) is 0 Å². The molecule has 24 heavy (non-hydrogen) atoms. The van der Waals surface area contributed by atoms with Crippen LogP contribution in [0.2, 0.25) is 0 Å². The normalized spacial score (nSPS) is 15.8. The molecule has 0 N–H and O–H groups in total. The van der Waals surface area contributed by atoms with Gasteiger partial charge in [0.2, 0.25) is 5.89 Å². The van der Waals surface area contributed by atoms with Crippen molar-refractivity contribution in [3.63, 3.8) is 0 Å². The zero-order chi connectivity index (χ0) is 15.9. The average Bonchev–Trinajstić information content (AvgIpc) is 3.18. The van der Waals surface area contributed by atoms with Crippen molar-refractivity contribution in [2.45, 2.75) is 5.92 Å². The van der Waals surface area contributed by atoms with Crippen molar-refractivity contribution in [2.24, 2.45) is 0 Å². The first-order chi connectivity index (χ1) is 11.9. The van der Waals surface area contributed by atoms with Gasteiger partial charge in [0, 0.05) is 11.5 Å². The van der Waals surface area contributed by atoms with Gasteiger partial charge in [-0.05, 0) is 39.6 Å². The highest BCUT2D eigenvalue weighted by molar-refractivity contribution is 5.96. The maximum absolute atomic E-state index is 5.37. The van der Waals surface area contributed by atoms with Crippen molar-refractivity contribution < 1.29 is 4.42 Å². The Hall–Kier alpha value is -3.13. The van der Waals surface area contributed by atoms with Crippen LogP contribution in [0.15, 0.2) is 83.6 Å². The van der Waals surface area contributed by atoms with E-state index in [2.05, 4.69) is 77.8 Å². The summed E-state index contributed by atoms with van der Waals surface area (Å²) in [4.78, 5) is 4.21. The maximum atomic E-state index is 5.37. The molecule has 1 aliphatic carbocycles. The standard InChI is InChI=1S/C22H15NO/c1-3-16-5-2-6-20-19(12-11-17(4-1)21(16)20)15-7-9-18(10-8-15)22-23-13-14-24-22/h1-14,19H. The molecule has 1 aromatic heterocycles. The summed E-state index contributed by atoms with van der Waals surface area (Å²) >= 11 is 0. The third kappa shape index (κ3) is 2.00. The molecule has 0 saturated heterocycles. The minimum absolute atomic E-state index is 0.280. The van der Waals surface area contributed by atoms with Crippen LogP contribution in [0.3, 0.4) is 0 Å². The lowest BCUT2D eigenvalue weighted by Crippen LogP contribution is -2.03. The van der Waals surface area contributed by atoms with E-state index in [9.17, 15) is 0 Å². The SMILES string of the molecule is C1=CC(c2ccc(-c3ncco3)cc2)c2cccc3cccc1c23. The Bertz CT molecular complexity index is 1040. The quantitative estimate of drug-likeness (QED) is 0.478.